The van der Waals surface area contributed by atoms with Gasteiger partial charge in [-0.1, -0.05) is 35.3 Å². The molecule has 0 saturated heterocycles. The number of ether oxygens (including phenoxy) is 1. The van der Waals surface area contributed by atoms with Gasteiger partial charge in [0.2, 0.25) is 0 Å². The van der Waals surface area contributed by atoms with E-state index in [0.717, 1.165) is 42.0 Å². The Kier molecular flexibility index (Phi) is 5.08. The molecule has 27 heavy (non-hydrogen) atoms. The molecule has 2 aromatic rings. The molecule has 0 spiro atoms. The zero-order valence-electron chi connectivity index (χ0n) is 15.4. The van der Waals surface area contributed by atoms with Crippen molar-refractivity contribution in [3.63, 3.8) is 0 Å². The molecule has 1 aliphatic carbocycles. The van der Waals surface area contributed by atoms with Crippen molar-refractivity contribution in [2.24, 2.45) is 0 Å². The molecule has 6 heteroatoms. The van der Waals surface area contributed by atoms with Crippen LogP contribution in [0.3, 0.4) is 0 Å². The van der Waals surface area contributed by atoms with Crippen molar-refractivity contribution in [2.75, 3.05) is 27.2 Å². The van der Waals surface area contributed by atoms with Gasteiger partial charge in [0.25, 0.3) is 0 Å². The van der Waals surface area contributed by atoms with Gasteiger partial charge in [-0.15, -0.1) is 0 Å². The molecule has 0 bridgehead atoms. The molecule has 142 valence electrons. The lowest BCUT2D eigenvalue weighted by Crippen LogP contribution is -2.25. The van der Waals surface area contributed by atoms with E-state index in [9.17, 15) is 0 Å². The van der Waals surface area contributed by atoms with Crippen molar-refractivity contribution in [3.05, 3.63) is 69.2 Å². The fourth-order valence-electron chi connectivity index (χ4n) is 3.48. The second-order valence-electron chi connectivity index (χ2n) is 7.21. The van der Waals surface area contributed by atoms with Gasteiger partial charge in [-0.2, -0.15) is 0 Å². The number of benzene rings is 2. The first-order valence-electron chi connectivity index (χ1n) is 9.01. The lowest BCUT2D eigenvalue weighted by molar-refractivity contribution is 0.0708. The molecular formula is C21H22Cl2N2O2. The first-order chi connectivity index (χ1) is 13.0. The van der Waals surface area contributed by atoms with Crippen molar-refractivity contribution in [1.82, 2.24) is 10.4 Å². The second kappa shape index (κ2) is 7.36. The predicted molar refractivity (Wildman–Crippen MR) is 109 cm³/mol. The summed E-state index contributed by atoms with van der Waals surface area (Å²) in [5.74, 6) is 0.762. The van der Waals surface area contributed by atoms with E-state index in [1.807, 2.05) is 42.5 Å². The van der Waals surface area contributed by atoms with E-state index in [2.05, 4.69) is 24.5 Å². The van der Waals surface area contributed by atoms with Crippen LogP contribution in [-0.2, 0) is 10.4 Å². The van der Waals surface area contributed by atoms with Gasteiger partial charge >= 0.3 is 0 Å². The average Bonchev–Trinajstić information content (AvgIpc) is 3.36. The van der Waals surface area contributed by atoms with Gasteiger partial charge in [-0.25, -0.2) is 0 Å². The molecule has 1 N–H and O–H groups in total. The fourth-order valence-corrected chi connectivity index (χ4v) is 3.77. The molecule has 0 aromatic heterocycles. The summed E-state index contributed by atoms with van der Waals surface area (Å²) >= 11 is 12.3. The topological polar surface area (TPSA) is 33.7 Å². The molecule has 1 heterocycles. The third-order valence-corrected chi connectivity index (χ3v) is 5.41. The molecule has 1 saturated carbocycles. The smallest absolute Gasteiger partial charge is 0.162 e. The normalized spacial score (nSPS) is 20.2. The van der Waals surface area contributed by atoms with Crippen LogP contribution in [0.25, 0.3) is 5.70 Å². The minimum atomic E-state index is -0.461. The van der Waals surface area contributed by atoms with Crippen LogP contribution >= 0.6 is 23.2 Å². The average molecular weight is 405 g/mol. The zero-order chi connectivity index (χ0) is 19.0. The van der Waals surface area contributed by atoms with E-state index >= 15 is 0 Å². The number of hydrogen-bond acceptors (Lipinski definition) is 4. The quantitative estimate of drug-likeness (QED) is 0.527. The Labute approximate surface area is 169 Å². The zero-order valence-corrected chi connectivity index (χ0v) is 16.9. The molecule has 1 unspecified atom stereocenters. The number of nitrogens with one attached hydrogen (secondary N) is 1. The van der Waals surface area contributed by atoms with E-state index in [-0.39, 0.29) is 0 Å². The van der Waals surface area contributed by atoms with Crippen LogP contribution in [0.15, 0.2) is 48.0 Å². The van der Waals surface area contributed by atoms with E-state index in [1.54, 1.807) is 0 Å². The first-order valence-corrected chi connectivity index (χ1v) is 9.76. The van der Waals surface area contributed by atoms with E-state index < -0.39 is 5.60 Å². The highest BCUT2D eigenvalue weighted by Crippen LogP contribution is 2.61. The molecule has 0 radical (unpaired) electrons. The third-order valence-electron chi connectivity index (χ3n) is 4.92. The Morgan fingerprint density at radius 3 is 2.59 bits per heavy atom. The van der Waals surface area contributed by atoms with Crippen molar-refractivity contribution in [2.45, 2.75) is 18.4 Å². The van der Waals surface area contributed by atoms with Gasteiger partial charge < -0.3 is 9.64 Å². The number of nitrogens with zero attached hydrogens (tertiary/aromatic N) is 1. The van der Waals surface area contributed by atoms with Gasteiger partial charge in [-0.05, 0) is 57.4 Å². The molecule has 4 rings (SSSR count). The number of hydroxylamine groups is 1. The number of halogens is 2. The summed E-state index contributed by atoms with van der Waals surface area (Å²) < 4.78 is 6.40. The molecule has 2 aliphatic rings. The molecule has 4 nitrogen and oxygen atoms in total. The lowest BCUT2D eigenvalue weighted by Gasteiger charge is -2.26. The maximum absolute atomic E-state index is 6.40. The molecule has 1 fully saturated rings. The maximum Gasteiger partial charge on any atom is 0.162 e. The minimum Gasteiger partial charge on any atom is -0.477 e. The Hall–Kier alpha value is -1.72. The predicted octanol–water partition coefficient (Wildman–Crippen LogP) is 4.87. The number of fused-ring (bicyclic) bond motifs is 2. The summed E-state index contributed by atoms with van der Waals surface area (Å²) in [7, 11) is 4.11. The maximum atomic E-state index is 6.40. The van der Waals surface area contributed by atoms with E-state index in [1.165, 1.54) is 5.57 Å². The second-order valence-corrected chi connectivity index (χ2v) is 8.09. The largest absolute Gasteiger partial charge is 0.477 e. The van der Waals surface area contributed by atoms with Crippen LogP contribution < -0.4 is 10.2 Å². The van der Waals surface area contributed by atoms with E-state index in [4.69, 9.17) is 32.8 Å². The highest BCUT2D eigenvalue weighted by molar-refractivity contribution is 6.31. The Morgan fingerprint density at radius 2 is 1.85 bits per heavy atom. The monoisotopic (exact) mass is 404 g/mol. The van der Waals surface area contributed by atoms with Gasteiger partial charge in [0, 0.05) is 33.2 Å². The Balaban J connectivity index is 1.60. The summed E-state index contributed by atoms with van der Waals surface area (Å²) in [5.41, 5.74) is 6.95. The van der Waals surface area contributed by atoms with Gasteiger partial charge in [0.05, 0.1) is 12.3 Å². The number of hydrogen-bond donors (Lipinski definition) is 1. The third kappa shape index (κ3) is 3.67. The van der Waals surface area contributed by atoms with Crippen LogP contribution in [0.1, 0.15) is 24.0 Å². The molecule has 1 atom stereocenters. The lowest BCUT2D eigenvalue weighted by atomic mass is 10.0. The Morgan fingerprint density at radius 1 is 1.11 bits per heavy atom. The molecular weight excluding hydrogens is 383 g/mol. The molecule has 0 amide bonds. The molecule has 2 aromatic carbocycles. The van der Waals surface area contributed by atoms with Crippen LogP contribution in [-0.4, -0.2) is 32.1 Å². The van der Waals surface area contributed by atoms with Crippen LogP contribution in [0, 0.1) is 0 Å². The summed E-state index contributed by atoms with van der Waals surface area (Å²) in [6.07, 6.45) is 1.76. The number of rotatable bonds is 7. The summed E-state index contributed by atoms with van der Waals surface area (Å²) in [6.45, 7) is 1.62. The van der Waals surface area contributed by atoms with Gasteiger partial charge in [0.15, 0.2) is 5.60 Å². The van der Waals surface area contributed by atoms with Crippen molar-refractivity contribution in [3.8, 4) is 5.75 Å². The standard InChI is InChI=1S/C21H22Cl2N2O2/c1-25(2)10-3-11-26-24-20-17-9-8-16(23)12-19(17)27-21(13-18(20)21)14-4-6-15(22)7-5-14/h4-9,12,24H,3,10-11,13H2,1-2H3. The van der Waals surface area contributed by atoms with Crippen molar-refractivity contribution >= 4 is 28.9 Å². The first kappa shape index (κ1) is 18.6. The van der Waals surface area contributed by atoms with Crippen LogP contribution in [0.2, 0.25) is 10.0 Å². The van der Waals surface area contributed by atoms with Crippen LogP contribution in [0.5, 0.6) is 5.75 Å². The van der Waals surface area contributed by atoms with E-state index in [0.29, 0.717) is 16.7 Å². The summed E-state index contributed by atoms with van der Waals surface area (Å²) in [6, 6.07) is 13.5. The molecule has 1 aliphatic heterocycles. The minimum absolute atomic E-state index is 0.461. The highest BCUT2D eigenvalue weighted by atomic mass is 35.5. The SMILES string of the molecule is CN(C)CCCONC1=C2CC2(c2ccc(Cl)cc2)Oc2cc(Cl)ccc21. The summed E-state index contributed by atoms with van der Waals surface area (Å²) in [5, 5.41) is 1.36. The van der Waals surface area contributed by atoms with Crippen LogP contribution in [0.4, 0.5) is 0 Å². The highest BCUT2D eigenvalue weighted by Gasteiger charge is 2.58. The Bertz CT molecular complexity index is 880. The summed E-state index contributed by atoms with van der Waals surface area (Å²) in [4.78, 5) is 7.91. The van der Waals surface area contributed by atoms with Gasteiger partial charge in [0.1, 0.15) is 5.75 Å². The van der Waals surface area contributed by atoms with Crippen molar-refractivity contribution in [1.29, 1.82) is 0 Å². The van der Waals surface area contributed by atoms with Gasteiger partial charge in [-0.3, -0.25) is 10.3 Å². The van der Waals surface area contributed by atoms with Crippen molar-refractivity contribution < 1.29 is 9.57 Å². The fraction of sp³-hybridized carbons (Fsp3) is 0.333.